The van der Waals surface area contributed by atoms with E-state index in [-0.39, 0.29) is 32.0 Å². The quantitative estimate of drug-likeness (QED) is 0.0195. The average molecular weight is 1190 g/mol. The number of esters is 2. The van der Waals surface area contributed by atoms with Gasteiger partial charge in [-0.25, -0.2) is 0 Å². The Kier molecular flexibility index (Phi) is 60.7. The van der Waals surface area contributed by atoms with Crippen LogP contribution in [-0.4, -0.2) is 70.0 Å². The summed E-state index contributed by atoms with van der Waals surface area (Å²) in [6.45, 7) is 4.11. The number of likely N-dealkylation sites (N-methyl/N-ethyl adjacent to an activating group) is 1. The largest absolute Gasteiger partial charge is 0.756 e. The molecule has 0 spiro atoms. The molecule has 0 aliphatic heterocycles. The van der Waals surface area contributed by atoms with Crippen LogP contribution in [0, 0.1) is 0 Å². The van der Waals surface area contributed by atoms with Crippen LogP contribution in [0.25, 0.3) is 0 Å². The Morgan fingerprint density at radius 1 is 0.381 bits per heavy atom. The second-order valence-corrected chi connectivity index (χ2v) is 24.9. The normalized spacial score (nSPS) is 14.0. The zero-order valence-corrected chi connectivity index (χ0v) is 55.4. The van der Waals surface area contributed by atoms with Crippen LogP contribution in [-0.2, 0) is 32.7 Å². The second-order valence-electron chi connectivity index (χ2n) is 23.5. The number of ether oxygens (including phenoxy) is 2. The van der Waals surface area contributed by atoms with E-state index < -0.39 is 26.5 Å². The monoisotopic (exact) mass is 1190 g/mol. The maximum Gasteiger partial charge on any atom is 0.306 e. The third-order valence-electron chi connectivity index (χ3n) is 14.2. The predicted molar refractivity (Wildman–Crippen MR) is 360 cm³/mol. The molecule has 0 aromatic carbocycles. The molecule has 0 aromatic heterocycles. The number of phosphoric ester groups is 1. The van der Waals surface area contributed by atoms with E-state index in [9.17, 15) is 19.0 Å². The molecule has 0 aromatic rings. The van der Waals surface area contributed by atoms with Gasteiger partial charge in [-0.3, -0.25) is 14.2 Å². The van der Waals surface area contributed by atoms with E-state index in [4.69, 9.17) is 18.5 Å². The third kappa shape index (κ3) is 67.3. The number of allylic oxidation sites excluding steroid dienone is 22. The van der Waals surface area contributed by atoms with Crippen molar-refractivity contribution in [2.45, 2.75) is 277 Å². The molecule has 0 saturated heterocycles. The van der Waals surface area contributed by atoms with Gasteiger partial charge < -0.3 is 27.9 Å². The van der Waals surface area contributed by atoms with Gasteiger partial charge in [0, 0.05) is 12.8 Å². The number of carbonyl (C=O) groups excluding carboxylic acids is 2. The van der Waals surface area contributed by atoms with Crippen LogP contribution in [0.1, 0.15) is 271 Å². The molecule has 2 unspecified atom stereocenters. The molecule has 0 N–H and O–H groups in total. The molecular weight excluding hydrogens is 1060 g/mol. The van der Waals surface area contributed by atoms with E-state index in [2.05, 4.69) is 148 Å². The molecule has 9 nitrogen and oxygen atoms in total. The summed E-state index contributed by atoms with van der Waals surface area (Å²) in [7, 11) is 1.15. The van der Waals surface area contributed by atoms with Gasteiger partial charge >= 0.3 is 11.9 Å². The second kappa shape index (κ2) is 63.6. The highest BCUT2D eigenvalue weighted by Gasteiger charge is 2.22. The Morgan fingerprint density at radius 3 is 1.01 bits per heavy atom. The smallest absolute Gasteiger partial charge is 0.306 e. The van der Waals surface area contributed by atoms with Gasteiger partial charge in [0.1, 0.15) is 19.8 Å². The van der Waals surface area contributed by atoms with Crippen LogP contribution in [0.15, 0.2) is 134 Å². The molecule has 0 aliphatic carbocycles. The number of rotatable bonds is 61. The lowest BCUT2D eigenvalue weighted by Crippen LogP contribution is -2.37. The molecule has 0 aliphatic rings. The summed E-state index contributed by atoms with van der Waals surface area (Å²) in [4.78, 5) is 38.0. The Hall–Kier alpha value is -3.85. The SMILES string of the molecule is CC/C=C\C/C=C\C/C=C\C/C=C\C/C=C\C/C=C\C/C=C\C/C=C\C/C=C\CCCCCCCCCCCCCC(=O)OC(COC(=O)CCCCCCCCCCC/C=C\C/C=C\CCCCCCC)COP(=O)([O-])OCC[N+](C)(C)C. The van der Waals surface area contributed by atoms with E-state index in [1.807, 2.05) is 21.1 Å². The van der Waals surface area contributed by atoms with Gasteiger partial charge in [0.2, 0.25) is 0 Å². The average Bonchev–Trinajstić information content (AvgIpc) is 3.61. The summed E-state index contributed by atoms with van der Waals surface area (Å²) >= 11 is 0. The zero-order chi connectivity index (χ0) is 61.2. The van der Waals surface area contributed by atoms with Crippen molar-refractivity contribution in [1.29, 1.82) is 0 Å². The number of hydrogen-bond acceptors (Lipinski definition) is 8. The lowest BCUT2D eigenvalue weighted by atomic mass is 10.0. The fourth-order valence-electron chi connectivity index (χ4n) is 8.97. The van der Waals surface area contributed by atoms with Crippen molar-refractivity contribution < 1.29 is 42.1 Å². The number of hydrogen-bond donors (Lipinski definition) is 0. The molecule has 0 saturated carbocycles. The van der Waals surface area contributed by atoms with Crippen molar-refractivity contribution in [3.8, 4) is 0 Å². The number of quaternary nitrogens is 1. The number of unbranched alkanes of at least 4 members (excludes halogenated alkanes) is 25. The topological polar surface area (TPSA) is 111 Å². The molecule has 0 rings (SSSR count). The minimum absolute atomic E-state index is 0.0375. The van der Waals surface area contributed by atoms with Gasteiger partial charge in [-0.15, -0.1) is 0 Å². The first-order chi connectivity index (χ1) is 41.0. The third-order valence-corrected chi connectivity index (χ3v) is 15.1. The van der Waals surface area contributed by atoms with E-state index >= 15 is 0 Å². The number of nitrogens with zero attached hydrogens (tertiary/aromatic N) is 1. The number of phosphoric acid groups is 1. The Balaban J connectivity index is 4.10. The molecular formula is C74H126NO8P. The molecule has 0 fully saturated rings. The van der Waals surface area contributed by atoms with E-state index in [1.54, 1.807) is 0 Å². The molecule has 10 heteroatoms. The molecule has 0 heterocycles. The van der Waals surface area contributed by atoms with Crippen molar-refractivity contribution in [2.75, 3.05) is 47.5 Å². The summed E-state index contributed by atoms with van der Waals surface area (Å²) in [6.07, 6.45) is 92.3. The van der Waals surface area contributed by atoms with Crippen LogP contribution in [0.4, 0.5) is 0 Å². The Bertz CT molecular complexity index is 1880. The van der Waals surface area contributed by atoms with Crippen molar-refractivity contribution in [3.63, 3.8) is 0 Å². The fraction of sp³-hybridized carbons (Fsp3) is 0.676. The van der Waals surface area contributed by atoms with Crippen molar-refractivity contribution in [2.24, 2.45) is 0 Å². The highest BCUT2D eigenvalue weighted by Crippen LogP contribution is 2.38. The van der Waals surface area contributed by atoms with Crippen LogP contribution < -0.4 is 4.89 Å². The minimum Gasteiger partial charge on any atom is -0.756 e. The molecule has 2 atom stereocenters. The Morgan fingerprint density at radius 2 is 0.679 bits per heavy atom. The van der Waals surface area contributed by atoms with Gasteiger partial charge in [0.05, 0.1) is 27.7 Å². The maximum absolute atomic E-state index is 12.9. The molecule has 480 valence electrons. The van der Waals surface area contributed by atoms with Gasteiger partial charge in [-0.1, -0.05) is 276 Å². The highest BCUT2D eigenvalue weighted by molar-refractivity contribution is 7.45. The van der Waals surface area contributed by atoms with Crippen LogP contribution in [0.2, 0.25) is 0 Å². The van der Waals surface area contributed by atoms with Crippen molar-refractivity contribution in [1.82, 2.24) is 0 Å². The van der Waals surface area contributed by atoms with E-state index in [0.29, 0.717) is 17.4 Å². The summed E-state index contributed by atoms with van der Waals surface area (Å²) in [5, 5.41) is 0. The first-order valence-electron chi connectivity index (χ1n) is 33.9. The molecule has 0 bridgehead atoms. The summed E-state index contributed by atoms with van der Waals surface area (Å²) < 4.78 is 34.3. The van der Waals surface area contributed by atoms with Crippen LogP contribution >= 0.6 is 7.82 Å². The van der Waals surface area contributed by atoms with Gasteiger partial charge in [0.15, 0.2) is 6.10 Å². The first kappa shape index (κ1) is 80.2. The van der Waals surface area contributed by atoms with E-state index in [1.165, 1.54) is 116 Å². The van der Waals surface area contributed by atoms with Crippen LogP contribution in [0.3, 0.4) is 0 Å². The standard InChI is InChI=1S/C74H126NO8P/c1-6-8-10-12-14-16-18-20-22-24-26-28-29-30-31-32-33-34-35-36-37-38-39-40-41-42-43-44-45-47-49-51-53-55-57-59-61-63-65-67-74(77)83-72(71-82-84(78,79)81-69-68-75(3,4)5)70-80-73(76)66-64-62-60-58-56-54-52-50-48-46-27-25-23-21-19-17-15-13-11-9-7-2/h8,10,14,16,19-22,25-28,30-31,33-34,36-37,39-40,42-43,72H,6-7,9,11-13,15,17-18,23-24,29,32,35,38,41,44-71H2,1-5H3/b10-8-,16-14-,21-19-,22-20-,27-25-,28-26-,31-30-,34-33-,37-36-,40-39-,43-42-. The lowest BCUT2D eigenvalue weighted by molar-refractivity contribution is -0.870. The lowest BCUT2D eigenvalue weighted by Gasteiger charge is -2.28. The van der Waals surface area contributed by atoms with E-state index in [0.717, 1.165) is 122 Å². The van der Waals surface area contributed by atoms with Gasteiger partial charge in [-0.2, -0.15) is 0 Å². The Labute approximate surface area is 517 Å². The molecule has 0 radical (unpaired) electrons. The molecule has 0 amide bonds. The number of carbonyl (C=O) groups is 2. The minimum atomic E-state index is -4.65. The molecule has 84 heavy (non-hydrogen) atoms. The summed E-state index contributed by atoms with van der Waals surface area (Å²) in [5.41, 5.74) is 0. The van der Waals surface area contributed by atoms with Gasteiger partial charge in [0.25, 0.3) is 7.82 Å². The first-order valence-corrected chi connectivity index (χ1v) is 35.4. The predicted octanol–water partition coefficient (Wildman–Crippen LogP) is 21.4. The maximum atomic E-state index is 12.9. The van der Waals surface area contributed by atoms with Crippen molar-refractivity contribution in [3.05, 3.63) is 134 Å². The van der Waals surface area contributed by atoms with Crippen LogP contribution in [0.5, 0.6) is 0 Å². The van der Waals surface area contributed by atoms with Gasteiger partial charge in [-0.05, 0) is 116 Å². The van der Waals surface area contributed by atoms with Crippen molar-refractivity contribution >= 4 is 19.8 Å². The highest BCUT2D eigenvalue weighted by atomic mass is 31.2. The summed E-state index contributed by atoms with van der Waals surface area (Å²) in [5.74, 6) is -0.843. The fourth-order valence-corrected chi connectivity index (χ4v) is 9.70. The summed E-state index contributed by atoms with van der Waals surface area (Å²) in [6, 6.07) is 0. The zero-order valence-electron chi connectivity index (χ0n) is 54.6.